The minimum Gasteiger partial charge on any atom is -0.493 e. The highest BCUT2D eigenvalue weighted by Gasteiger charge is 2.33. The van der Waals surface area contributed by atoms with Crippen LogP contribution in [0.5, 0.6) is 0 Å². The number of carbonyl (C=O) groups excluding carboxylic acids is 3. The zero-order valence-electron chi connectivity index (χ0n) is 11.6. The molecular formula is C13H17NO6. The number of ether oxygens (including phenoxy) is 3. The third kappa shape index (κ3) is 4.11. The topological polar surface area (TPSA) is 90.9 Å². The first-order valence-corrected chi connectivity index (χ1v) is 5.94. The first-order chi connectivity index (χ1) is 9.42. The summed E-state index contributed by atoms with van der Waals surface area (Å²) in [4.78, 5) is 33.7. The SMILES string of the molecule is COC(=O)NCCC1(OC(C)=O)C=CC(=O)C(OC)=C1. The lowest BCUT2D eigenvalue weighted by Crippen LogP contribution is -2.38. The molecule has 1 amide bonds. The maximum Gasteiger partial charge on any atom is 0.406 e. The molecule has 0 heterocycles. The second kappa shape index (κ2) is 6.74. The van der Waals surface area contributed by atoms with Crippen LogP contribution in [0.15, 0.2) is 24.0 Å². The van der Waals surface area contributed by atoms with E-state index in [1.165, 1.54) is 39.4 Å². The van der Waals surface area contributed by atoms with E-state index >= 15 is 0 Å². The lowest BCUT2D eigenvalue weighted by Gasteiger charge is -2.29. The Balaban J connectivity index is 2.85. The van der Waals surface area contributed by atoms with Gasteiger partial charge in [0.2, 0.25) is 5.78 Å². The summed E-state index contributed by atoms with van der Waals surface area (Å²) >= 11 is 0. The molecule has 1 aliphatic rings. The first-order valence-electron chi connectivity index (χ1n) is 5.94. The number of allylic oxidation sites excluding steroid dienone is 1. The highest BCUT2D eigenvalue weighted by molar-refractivity contribution is 6.03. The van der Waals surface area contributed by atoms with Crippen LogP contribution in [0.4, 0.5) is 4.79 Å². The van der Waals surface area contributed by atoms with Gasteiger partial charge in [-0.15, -0.1) is 0 Å². The van der Waals surface area contributed by atoms with Crippen LogP contribution >= 0.6 is 0 Å². The molecule has 0 aromatic heterocycles. The minimum atomic E-state index is -1.12. The summed E-state index contributed by atoms with van der Waals surface area (Å²) in [5.74, 6) is -0.725. The molecule has 110 valence electrons. The van der Waals surface area contributed by atoms with Gasteiger partial charge in [0.15, 0.2) is 11.4 Å². The van der Waals surface area contributed by atoms with Crippen LogP contribution in [0.25, 0.3) is 0 Å². The van der Waals surface area contributed by atoms with E-state index in [9.17, 15) is 14.4 Å². The van der Waals surface area contributed by atoms with E-state index < -0.39 is 17.7 Å². The predicted octanol–water partition coefficient (Wildman–Crippen LogP) is 0.704. The second-order valence-corrected chi connectivity index (χ2v) is 4.13. The molecule has 20 heavy (non-hydrogen) atoms. The van der Waals surface area contributed by atoms with Crippen molar-refractivity contribution < 1.29 is 28.6 Å². The molecule has 0 saturated carbocycles. The summed E-state index contributed by atoms with van der Waals surface area (Å²) in [6, 6.07) is 0. The number of esters is 1. The quantitative estimate of drug-likeness (QED) is 0.747. The van der Waals surface area contributed by atoms with E-state index in [0.29, 0.717) is 0 Å². The number of carbonyl (C=O) groups is 3. The predicted molar refractivity (Wildman–Crippen MR) is 68.8 cm³/mol. The van der Waals surface area contributed by atoms with Gasteiger partial charge >= 0.3 is 12.1 Å². The number of rotatable bonds is 5. The number of alkyl carbamates (subject to hydrolysis) is 1. The van der Waals surface area contributed by atoms with Gasteiger partial charge in [-0.25, -0.2) is 4.79 Å². The van der Waals surface area contributed by atoms with Gasteiger partial charge in [0.05, 0.1) is 14.2 Å². The Labute approximate surface area is 116 Å². The van der Waals surface area contributed by atoms with Crippen LogP contribution in [-0.4, -0.2) is 44.2 Å². The van der Waals surface area contributed by atoms with E-state index in [1.807, 2.05) is 0 Å². The molecule has 0 aromatic rings. The summed E-state index contributed by atoms with van der Waals surface area (Å²) in [5.41, 5.74) is -1.12. The first kappa shape index (κ1) is 15.7. The monoisotopic (exact) mass is 283 g/mol. The van der Waals surface area contributed by atoms with Gasteiger partial charge in [-0.2, -0.15) is 0 Å². The maximum absolute atomic E-state index is 11.5. The molecule has 1 atom stereocenters. The molecule has 1 aliphatic carbocycles. The minimum absolute atomic E-state index is 0.0896. The molecule has 0 bridgehead atoms. The van der Waals surface area contributed by atoms with Crippen molar-refractivity contribution in [1.82, 2.24) is 5.32 Å². The summed E-state index contributed by atoms with van der Waals surface area (Å²) in [6.45, 7) is 1.46. The molecule has 7 heteroatoms. The molecular weight excluding hydrogens is 266 g/mol. The molecule has 0 saturated heterocycles. The Morgan fingerprint density at radius 3 is 2.60 bits per heavy atom. The standard InChI is InChI=1S/C13H17NO6/c1-9(15)20-13(6-7-14-12(17)19-3)5-4-10(16)11(8-13)18-2/h4-5,8H,6-7H2,1-3H3,(H,14,17). The fraction of sp³-hybridized carbons (Fsp3) is 0.462. The van der Waals surface area contributed by atoms with Crippen LogP contribution in [0, 0.1) is 0 Å². The summed E-state index contributed by atoms with van der Waals surface area (Å²) < 4.78 is 14.6. The highest BCUT2D eigenvalue weighted by Crippen LogP contribution is 2.26. The van der Waals surface area contributed by atoms with Crippen molar-refractivity contribution in [2.75, 3.05) is 20.8 Å². The second-order valence-electron chi connectivity index (χ2n) is 4.13. The van der Waals surface area contributed by atoms with Crippen molar-refractivity contribution in [3.63, 3.8) is 0 Å². The zero-order valence-corrected chi connectivity index (χ0v) is 11.6. The van der Waals surface area contributed by atoms with E-state index in [1.54, 1.807) is 0 Å². The molecule has 0 aromatic carbocycles. The fourth-order valence-electron chi connectivity index (χ4n) is 1.77. The average Bonchev–Trinajstić information content (AvgIpc) is 2.40. The van der Waals surface area contributed by atoms with Crippen molar-refractivity contribution in [2.24, 2.45) is 0 Å². The molecule has 7 nitrogen and oxygen atoms in total. The number of nitrogens with one attached hydrogen (secondary N) is 1. The molecule has 1 N–H and O–H groups in total. The van der Waals surface area contributed by atoms with Crippen molar-refractivity contribution in [2.45, 2.75) is 18.9 Å². The Hall–Kier alpha value is -2.31. The van der Waals surface area contributed by atoms with Gasteiger partial charge in [-0.05, 0) is 12.2 Å². The summed E-state index contributed by atoms with van der Waals surface area (Å²) in [7, 11) is 2.60. The van der Waals surface area contributed by atoms with Gasteiger partial charge in [-0.3, -0.25) is 9.59 Å². The number of methoxy groups -OCH3 is 2. The van der Waals surface area contributed by atoms with Crippen molar-refractivity contribution >= 4 is 17.8 Å². The van der Waals surface area contributed by atoms with Gasteiger partial charge in [0, 0.05) is 26.0 Å². The summed E-state index contributed by atoms with van der Waals surface area (Å²) in [6.07, 6.45) is 3.83. The van der Waals surface area contributed by atoms with Crippen LogP contribution in [0.3, 0.4) is 0 Å². The average molecular weight is 283 g/mol. The Morgan fingerprint density at radius 2 is 2.05 bits per heavy atom. The van der Waals surface area contributed by atoms with Crippen molar-refractivity contribution in [1.29, 1.82) is 0 Å². The smallest absolute Gasteiger partial charge is 0.406 e. The lowest BCUT2D eigenvalue weighted by atomic mass is 9.92. The highest BCUT2D eigenvalue weighted by atomic mass is 16.6. The molecule has 1 unspecified atom stereocenters. The number of hydrogen-bond donors (Lipinski definition) is 1. The Morgan fingerprint density at radius 1 is 1.35 bits per heavy atom. The van der Waals surface area contributed by atoms with Crippen LogP contribution < -0.4 is 5.32 Å². The molecule has 0 fully saturated rings. The third-order valence-corrected chi connectivity index (χ3v) is 2.66. The summed E-state index contributed by atoms with van der Waals surface area (Å²) in [5, 5.41) is 2.48. The van der Waals surface area contributed by atoms with E-state index in [2.05, 4.69) is 10.1 Å². The number of ketones is 1. The van der Waals surface area contributed by atoms with Crippen molar-refractivity contribution in [3.05, 3.63) is 24.0 Å². The van der Waals surface area contributed by atoms with Gasteiger partial charge in [0.25, 0.3) is 0 Å². The van der Waals surface area contributed by atoms with Gasteiger partial charge in [0.1, 0.15) is 0 Å². The molecule has 0 aliphatic heterocycles. The number of hydrogen-bond acceptors (Lipinski definition) is 6. The van der Waals surface area contributed by atoms with E-state index in [0.717, 1.165) is 0 Å². The number of amides is 1. The van der Waals surface area contributed by atoms with Crippen molar-refractivity contribution in [3.8, 4) is 0 Å². The van der Waals surface area contributed by atoms with Gasteiger partial charge in [-0.1, -0.05) is 0 Å². The zero-order chi connectivity index (χ0) is 15.2. The normalized spacial score (nSPS) is 20.9. The van der Waals surface area contributed by atoms with Crippen LogP contribution in [-0.2, 0) is 23.8 Å². The molecule has 0 radical (unpaired) electrons. The molecule has 0 spiro atoms. The van der Waals surface area contributed by atoms with Crippen LogP contribution in [0.2, 0.25) is 0 Å². The largest absolute Gasteiger partial charge is 0.493 e. The fourth-order valence-corrected chi connectivity index (χ4v) is 1.77. The Bertz CT molecular complexity index is 467. The van der Waals surface area contributed by atoms with E-state index in [-0.39, 0.29) is 24.5 Å². The van der Waals surface area contributed by atoms with Crippen LogP contribution in [0.1, 0.15) is 13.3 Å². The van der Waals surface area contributed by atoms with Gasteiger partial charge < -0.3 is 19.5 Å². The molecule has 1 rings (SSSR count). The lowest BCUT2D eigenvalue weighted by molar-refractivity contribution is -0.149. The third-order valence-electron chi connectivity index (χ3n) is 2.66. The maximum atomic E-state index is 11.5. The Kier molecular flexibility index (Phi) is 5.31. The van der Waals surface area contributed by atoms with E-state index in [4.69, 9.17) is 9.47 Å².